The van der Waals surface area contributed by atoms with E-state index in [2.05, 4.69) is 5.32 Å². The number of fused-ring (bicyclic) bond motifs is 2. The number of rotatable bonds is 7. The van der Waals surface area contributed by atoms with E-state index in [0.29, 0.717) is 39.6 Å². The number of nitrogens with one attached hydrogen (secondary N) is 1. The van der Waals surface area contributed by atoms with Crippen molar-refractivity contribution in [3.05, 3.63) is 125 Å². The van der Waals surface area contributed by atoms with Crippen LogP contribution in [0.5, 0.6) is 0 Å². The maximum atomic E-state index is 12.4. The first kappa shape index (κ1) is 36.1. The minimum atomic E-state index is -4.86. The van der Waals surface area contributed by atoms with E-state index in [-0.39, 0.29) is 51.4 Å². The second kappa shape index (κ2) is 14.0. The molecule has 0 unspecified atom stereocenters. The van der Waals surface area contributed by atoms with Crippen LogP contribution in [0.15, 0.2) is 117 Å². The van der Waals surface area contributed by atoms with Gasteiger partial charge in [0.15, 0.2) is 0 Å². The molecule has 0 bridgehead atoms. The molecule has 1 heterocycles. The second-order valence-electron chi connectivity index (χ2n) is 11.4. The average Bonchev–Trinajstić information content (AvgIpc) is 3.03. The van der Waals surface area contributed by atoms with E-state index in [1.54, 1.807) is 42.0 Å². The number of nitrogens with zero attached hydrogens (tertiary/aromatic N) is 1. The predicted molar refractivity (Wildman–Crippen MR) is 180 cm³/mol. The Kier molecular flexibility index (Phi) is 10.3. The summed E-state index contributed by atoms with van der Waals surface area (Å²) < 4.78 is 80.9. The van der Waals surface area contributed by atoms with Crippen molar-refractivity contribution < 1.29 is 64.7 Å². The van der Waals surface area contributed by atoms with Gasteiger partial charge in [0.05, 0.1) is 15.9 Å². The SMILES string of the molecule is CC(=O)Nc1ccc(S(=O)(=O)[O-])cc1[N+](C)=c1ccc2c(-c3ccccc3S(=O)(=O)[O-])c3ccc(Cc4ccccc4C)cc3oc-2c1.[Na+]. The molecule has 4 aromatic carbocycles. The van der Waals surface area contributed by atoms with Crippen LogP contribution in [0, 0.1) is 6.92 Å². The number of carbonyl (C=O) groups excluding carboxylic acids is 1. The Balaban J connectivity index is 0.00000468. The smallest absolute Gasteiger partial charge is 0.744 e. The zero-order chi connectivity index (χ0) is 34.4. The van der Waals surface area contributed by atoms with Crippen LogP contribution in [0.1, 0.15) is 23.6 Å². The van der Waals surface area contributed by atoms with Gasteiger partial charge in [0.2, 0.25) is 17.0 Å². The maximum Gasteiger partial charge on any atom is 1.00 e. The molecule has 10 nitrogen and oxygen atoms in total. The van der Waals surface area contributed by atoms with Crippen LogP contribution in [-0.2, 0) is 31.5 Å². The Morgan fingerprint density at radius 2 is 1.53 bits per heavy atom. The molecule has 4 aromatic rings. The number of aryl methyl sites for hydroxylation is 1. The largest absolute Gasteiger partial charge is 1.00 e. The van der Waals surface area contributed by atoms with Crippen LogP contribution < -0.4 is 44.8 Å². The molecule has 0 saturated carbocycles. The monoisotopic (exact) mass is 704 g/mol. The van der Waals surface area contributed by atoms with Gasteiger partial charge in [-0.15, -0.1) is 0 Å². The number of benzene rings is 5. The van der Waals surface area contributed by atoms with Gasteiger partial charge in [-0.2, -0.15) is 4.58 Å². The minimum Gasteiger partial charge on any atom is -0.744 e. The van der Waals surface area contributed by atoms with Crippen LogP contribution >= 0.6 is 0 Å². The van der Waals surface area contributed by atoms with Crippen LogP contribution in [0.2, 0.25) is 0 Å². The van der Waals surface area contributed by atoms with E-state index in [0.717, 1.165) is 22.8 Å². The summed E-state index contributed by atoms with van der Waals surface area (Å²) in [4.78, 5) is 11.1. The molecule has 1 aliphatic heterocycles. The second-order valence-corrected chi connectivity index (χ2v) is 14.1. The third-order valence-electron chi connectivity index (χ3n) is 8.17. The molecule has 49 heavy (non-hydrogen) atoms. The van der Waals surface area contributed by atoms with E-state index < -0.39 is 31.0 Å². The van der Waals surface area contributed by atoms with Crippen molar-refractivity contribution in [3.8, 4) is 22.5 Å². The fourth-order valence-corrected chi connectivity index (χ4v) is 7.01. The van der Waals surface area contributed by atoms with Crippen molar-refractivity contribution in [2.45, 2.75) is 30.1 Å². The molecule has 0 spiro atoms. The topological polar surface area (TPSA) is 160 Å². The Morgan fingerprint density at radius 3 is 2.22 bits per heavy atom. The summed E-state index contributed by atoms with van der Waals surface area (Å²) in [5, 5.41) is 3.74. The summed E-state index contributed by atoms with van der Waals surface area (Å²) in [5.41, 5.74) is 5.35. The number of hydrogen-bond donors (Lipinski definition) is 1. The predicted octanol–water partition coefficient (Wildman–Crippen LogP) is 2.61. The molecule has 1 aliphatic carbocycles. The summed E-state index contributed by atoms with van der Waals surface area (Å²) in [5.74, 6) is -0.0674. The fourth-order valence-electron chi connectivity index (χ4n) is 5.83. The van der Waals surface area contributed by atoms with Gasteiger partial charge in [0.25, 0.3) is 0 Å². The van der Waals surface area contributed by atoms with E-state index in [9.17, 15) is 30.7 Å². The van der Waals surface area contributed by atoms with Crippen molar-refractivity contribution in [3.63, 3.8) is 0 Å². The van der Waals surface area contributed by atoms with Crippen LogP contribution in [0.25, 0.3) is 33.4 Å². The average molecular weight is 705 g/mol. The molecule has 244 valence electrons. The quantitative estimate of drug-likeness (QED) is 0.115. The van der Waals surface area contributed by atoms with Crippen molar-refractivity contribution in [1.82, 2.24) is 4.58 Å². The molecule has 6 rings (SSSR count). The zero-order valence-corrected chi connectivity index (χ0v) is 30.7. The molecule has 1 amide bonds. The van der Waals surface area contributed by atoms with E-state index in [1.165, 1.54) is 31.2 Å². The maximum absolute atomic E-state index is 12.4. The zero-order valence-electron chi connectivity index (χ0n) is 27.1. The molecule has 2 aliphatic rings. The first-order valence-corrected chi connectivity index (χ1v) is 17.6. The third-order valence-corrected chi connectivity index (χ3v) is 9.89. The number of anilines is 1. The Bertz CT molecular complexity index is 2530. The number of carbonyl (C=O) groups is 1. The van der Waals surface area contributed by atoms with Gasteiger partial charge in [-0.3, -0.25) is 4.79 Å². The van der Waals surface area contributed by atoms with Crippen LogP contribution in [-0.4, -0.2) is 38.9 Å². The van der Waals surface area contributed by atoms with E-state index in [4.69, 9.17) is 4.42 Å². The molecule has 1 N–H and O–H groups in total. The summed E-state index contributed by atoms with van der Waals surface area (Å²) in [7, 11) is -8.04. The van der Waals surface area contributed by atoms with Gasteiger partial charge in [-0.1, -0.05) is 54.6 Å². The van der Waals surface area contributed by atoms with Crippen molar-refractivity contribution in [2.24, 2.45) is 0 Å². The van der Waals surface area contributed by atoms with E-state index in [1.807, 2.05) is 49.4 Å². The van der Waals surface area contributed by atoms with Crippen molar-refractivity contribution >= 4 is 48.5 Å². The third kappa shape index (κ3) is 7.55. The first-order chi connectivity index (χ1) is 22.7. The molecule has 0 aromatic heterocycles. The van der Waals surface area contributed by atoms with Gasteiger partial charge in [0, 0.05) is 41.1 Å². The molecule has 0 atom stereocenters. The molecular formula is C36H29N2NaO8S2. The fraction of sp³-hybridized carbons (Fsp3) is 0.111. The normalized spacial score (nSPS) is 12.4. The standard InChI is InChI=1S/C36H30N2O8S2.Na/c1-22-8-4-5-9-25(22)18-24-12-15-28-33(19-24)46-34-20-26(13-16-29(34)36(28)30-10-6-7-11-35(30)48(43,44)45)38(3)32-21-27(47(40,41)42)14-17-31(32)37-23(2)39;/h4-17,19-21H,18H2,1-3H3,(H2-,37,39,40,41,42,43,44,45);/q;+1/p-1. The molecular weight excluding hydrogens is 676 g/mol. The molecule has 0 radical (unpaired) electrons. The van der Waals surface area contributed by atoms with Crippen LogP contribution in [0.3, 0.4) is 0 Å². The Hall–Kier alpha value is -4.14. The summed E-state index contributed by atoms with van der Waals surface area (Å²) in [6, 6.07) is 28.4. The summed E-state index contributed by atoms with van der Waals surface area (Å²) >= 11 is 0. The molecule has 13 heteroatoms. The van der Waals surface area contributed by atoms with Crippen LogP contribution in [0.4, 0.5) is 11.4 Å². The molecule has 0 saturated heterocycles. The Morgan fingerprint density at radius 1 is 0.816 bits per heavy atom. The van der Waals surface area contributed by atoms with Crippen molar-refractivity contribution in [2.75, 3.05) is 12.4 Å². The number of amides is 1. The number of hydrogen-bond acceptors (Lipinski definition) is 8. The van der Waals surface area contributed by atoms with E-state index >= 15 is 0 Å². The molecule has 0 fully saturated rings. The van der Waals surface area contributed by atoms with Gasteiger partial charge in [0.1, 0.15) is 44.3 Å². The van der Waals surface area contributed by atoms with Crippen molar-refractivity contribution in [1.29, 1.82) is 0 Å². The summed E-state index contributed by atoms with van der Waals surface area (Å²) in [6.07, 6.45) is 0.616. The minimum absolute atomic E-state index is 0. The van der Waals surface area contributed by atoms with Gasteiger partial charge < -0.3 is 18.8 Å². The van der Waals surface area contributed by atoms with Gasteiger partial charge in [-0.05, 0) is 60.4 Å². The first-order valence-electron chi connectivity index (χ1n) is 14.7. The summed E-state index contributed by atoms with van der Waals surface area (Å²) in [6.45, 7) is 3.33. The van der Waals surface area contributed by atoms with Gasteiger partial charge in [-0.25, -0.2) is 16.8 Å². The Labute approximate surface area is 305 Å². The van der Waals surface area contributed by atoms with Gasteiger partial charge >= 0.3 is 29.6 Å².